The molecule has 0 radical (unpaired) electrons. The molecule has 148 valence electrons. The number of halogens is 3. The molecule has 0 heterocycles. The highest BCUT2D eigenvalue weighted by Crippen LogP contribution is 2.30. The molecule has 3 aromatic rings. The maximum Gasteiger partial charge on any atom is 0.416 e. The third-order valence-corrected chi connectivity index (χ3v) is 4.37. The predicted octanol–water partition coefficient (Wildman–Crippen LogP) is 5.97. The number of alkyl halides is 3. The number of ketones is 1. The minimum atomic E-state index is -4.48. The van der Waals surface area contributed by atoms with Crippen LogP contribution in [0, 0.1) is 0 Å². The maximum atomic E-state index is 12.7. The molecule has 0 saturated carbocycles. The molecule has 29 heavy (non-hydrogen) atoms. The van der Waals surface area contributed by atoms with Crippen LogP contribution in [-0.4, -0.2) is 11.7 Å². The second kappa shape index (κ2) is 8.73. The van der Waals surface area contributed by atoms with E-state index in [1.165, 1.54) is 12.1 Å². The summed E-state index contributed by atoms with van der Waals surface area (Å²) in [4.78, 5) is 24.3. The van der Waals surface area contributed by atoms with Crippen LogP contribution in [0.15, 0.2) is 78.9 Å². The van der Waals surface area contributed by atoms with Gasteiger partial charge in [0.1, 0.15) is 0 Å². The van der Waals surface area contributed by atoms with Crippen molar-refractivity contribution < 1.29 is 22.8 Å². The smallest absolute Gasteiger partial charge is 0.326 e. The Morgan fingerprint density at radius 2 is 1.41 bits per heavy atom. The second-order valence-electron chi connectivity index (χ2n) is 6.49. The summed E-state index contributed by atoms with van der Waals surface area (Å²) in [5, 5.41) is 2.40. The third-order valence-electron chi connectivity index (χ3n) is 4.37. The second-order valence-corrected chi connectivity index (χ2v) is 6.49. The summed E-state index contributed by atoms with van der Waals surface area (Å²) < 4.78 is 38.2. The van der Waals surface area contributed by atoms with Gasteiger partial charge in [-0.1, -0.05) is 60.7 Å². The normalized spacial score (nSPS) is 11.1. The fraction of sp³-hybridized carbons (Fsp3) is 0.130. The topological polar surface area (TPSA) is 46.2 Å². The number of hydrogen-bond acceptors (Lipinski definition) is 2. The zero-order chi connectivity index (χ0) is 20.9. The molecule has 3 aromatic carbocycles. The van der Waals surface area contributed by atoms with Crippen molar-refractivity contribution in [3.05, 3.63) is 90.0 Å². The molecule has 0 unspecified atom stereocenters. The molecule has 0 bridgehead atoms. The van der Waals surface area contributed by atoms with E-state index >= 15 is 0 Å². The van der Waals surface area contributed by atoms with E-state index in [1.54, 1.807) is 12.1 Å². The Morgan fingerprint density at radius 1 is 0.759 bits per heavy atom. The van der Waals surface area contributed by atoms with Crippen molar-refractivity contribution in [3.63, 3.8) is 0 Å². The van der Waals surface area contributed by atoms with Crippen LogP contribution in [0.3, 0.4) is 0 Å². The van der Waals surface area contributed by atoms with Crippen LogP contribution in [0.5, 0.6) is 0 Å². The van der Waals surface area contributed by atoms with Gasteiger partial charge in [0, 0.05) is 24.1 Å². The van der Waals surface area contributed by atoms with E-state index in [0.29, 0.717) is 5.56 Å². The molecule has 0 aliphatic rings. The van der Waals surface area contributed by atoms with Crippen LogP contribution in [0.1, 0.15) is 28.8 Å². The molecule has 0 spiro atoms. The average molecular weight is 397 g/mol. The molecule has 1 amide bonds. The molecular formula is C23H18F3NO2. The van der Waals surface area contributed by atoms with E-state index in [9.17, 15) is 22.8 Å². The van der Waals surface area contributed by atoms with Crippen molar-refractivity contribution in [2.45, 2.75) is 19.0 Å². The van der Waals surface area contributed by atoms with Crippen LogP contribution >= 0.6 is 0 Å². The Bertz CT molecular complexity index is 997. The third kappa shape index (κ3) is 5.54. The number of carbonyl (C=O) groups excluding carboxylic acids is 2. The summed E-state index contributed by atoms with van der Waals surface area (Å²) in [6, 6.07) is 21.2. The predicted molar refractivity (Wildman–Crippen MR) is 106 cm³/mol. The molecule has 3 nitrogen and oxygen atoms in total. The van der Waals surface area contributed by atoms with Gasteiger partial charge in [0.2, 0.25) is 5.91 Å². The van der Waals surface area contributed by atoms with Crippen molar-refractivity contribution >= 4 is 17.4 Å². The number of rotatable bonds is 6. The van der Waals surface area contributed by atoms with Crippen LogP contribution in [0.25, 0.3) is 11.1 Å². The number of anilines is 1. The van der Waals surface area contributed by atoms with E-state index in [4.69, 9.17) is 0 Å². The number of Topliss-reactive ketones (excluding diaryl/α,β-unsaturated/α-hetero) is 1. The Morgan fingerprint density at radius 3 is 2.07 bits per heavy atom. The first-order chi connectivity index (χ1) is 13.8. The lowest BCUT2D eigenvalue weighted by atomic mass is 10.0. The summed E-state index contributed by atoms with van der Waals surface area (Å²) in [7, 11) is 0. The highest BCUT2D eigenvalue weighted by Gasteiger charge is 2.30. The van der Waals surface area contributed by atoms with Crippen LogP contribution < -0.4 is 5.32 Å². The van der Waals surface area contributed by atoms with Gasteiger partial charge < -0.3 is 5.32 Å². The number of amides is 1. The van der Waals surface area contributed by atoms with Crippen molar-refractivity contribution in [3.8, 4) is 11.1 Å². The molecular weight excluding hydrogens is 379 g/mol. The van der Waals surface area contributed by atoms with Crippen LogP contribution in [0.2, 0.25) is 0 Å². The highest BCUT2D eigenvalue weighted by molar-refractivity contribution is 6.00. The minimum absolute atomic E-state index is 0.0323. The summed E-state index contributed by atoms with van der Waals surface area (Å²) in [5.74, 6) is -0.720. The summed E-state index contributed by atoms with van der Waals surface area (Å²) in [6.07, 6.45) is -4.63. The molecule has 0 saturated heterocycles. The maximum absolute atomic E-state index is 12.7. The van der Waals surface area contributed by atoms with Gasteiger partial charge in [-0.3, -0.25) is 9.59 Å². The molecule has 0 fully saturated rings. The van der Waals surface area contributed by atoms with Crippen molar-refractivity contribution in [1.82, 2.24) is 0 Å². The van der Waals surface area contributed by atoms with Gasteiger partial charge in [-0.2, -0.15) is 13.2 Å². The Hall–Kier alpha value is -3.41. The average Bonchev–Trinajstić information content (AvgIpc) is 2.72. The van der Waals surface area contributed by atoms with Crippen LogP contribution in [-0.2, 0) is 11.0 Å². The highest BCUT2D eigenvalue weighted by atomic mass is 19.4. The lowest BCUT2D eigenvalue weighted by Gasteiger charge is -2.10. The van der Waals surface area contributed by atoms with Crippen molar-refractivity contribution in [1.29, 1.82) is 0 Å². The number of hydrogen-bond donors (Lipinski definition) is 1. The van der Waals surface area contributed by atoms with E-state index in [2.05, 4.69) is 5.32 Å². The van der Waals surface area contributed by atoms with E-state index < -0.39 is 17.6 Å². The van der Waals surface area contributed by atoms with Crippen LogP contribution in [0.4, 0.5) is 18.9 Å². The van der Waals surface area contributed by atoms with Gasteiger partial charge in [0.25, 0.3) is 0 Å². The zero-order valence-corrected chi connectivity index (χ0v) is 15.4. The van der Waals surface area contributed by atoms with E-state index in [-0.39, 0.29) is 24.3 Å². The van der Waals surface area contributed by atoms with Gasteiger partial charge in [-0.15, -0.1) is 0 Å². The first-order valence-electron chi connectivity index (χ1n) is 8.99. The molecule has 0 atom stereocenters. The fourth-order valence-corrected chi connectivity index (χ4v) is 2.85. The van der Waals surface area contributed by atoms with E-state index in [0.717, 1.165) is 23.3 Å². The largest absolute Gasteiger partial charge is 0.416 e. The van der Waals surface area contributed by atoms with Gasteiger partial charge in [0.15, 0.2) is 5.78 Å². The lowest BCUT2D eigenvalue weighted by molar-refractivity contribution is -0.137. The number of nitrogens with one attached hydrogen (secondary N) is 1. The van der Waals surface area contributed by atoms with Gasteiger partial charge in [-0.05, 0) is 29.3 Å². The number of carbonyl (C=O) groups is 2. The first-order valence-corrected chi connectivity index (χ1v) is 8.99. The Kier molecular flexibility index (Phi) is 6.12. The SMILES string of the molecule is O=C(CCC(=O)c1ccc(-c2ccccc2)cc1)Nc1cccc(C(F)(F)F)c1. The van der Waals surface area contributed by atoms with E-state index in [1.807, 2.05) is 42.5 Å². The minimum Gasteiger partial charge on any atom is -0.326 e. The van der Waals surface area contributed by atoms with Crippen molar-refractivity contribution in [2.24, 2.45) is 0 Å². The molecule has 6 heteroatoms. The molecule has 0 aliphatic carbocycles. The fourth-order valence-electron chi connectivity index (χ4n) is 2.85. The molecule has 3 rings (SSSR count). The standard InChI is InChI=1S/C23H18F3NO2/c24-23(25,26)19-7-4-8-20(15-19)27-22(29)14-13-21(28)18-11-9-17(10-12-18)16-5-2-1-3-6-16/h1-12,15H,13-14H2,(H,27,29). The lowest BCUT2D eigenvalue weighted by Crippen LogP contribution is -2.14. The Labute approximate surface area is 166 Å². The molecule has 0 aromatic heterocycles. The Balaban J connectivity index is 1.56. The van der Waals surface area contributed by atoms with Gasteiger partial charge in [0.05, 0.1) is 5.56 Å². The van der Waals surface area contributed by atoms with Gasteiger partial charge in [-0.25, -0.2) is 0 Å². The molecule has 0 aliphatic heterocycles. The monoisotopic (exact) mass is 397 g/mol. The summed E-state index contributed by atoms with van der Waals surface area (Å²) in [5.41, 5.74) is 1.70. The zero-order valence-electron chi connectivity index (χ0n) is 15.4. The summed E-state index contributed by atoms with van der Waals surface area (Å²) in [6.45, 7) is 0. The van der Waals surface area contributed by atoms with Crippen molar-refractivity contribution in [2.75, 3.05) is 5.32 Å². The number of benzene rings is 3. The quantitative estimate of drug-likeness (QED) is 0.521. The summed E-state index contributed by atoms with van der Waals surface area (Å²) >= 11 is 0. The first kappa shape index (κ1) is 20.3. The molecule has 1 N–H and O–H groups in total. The van der Waals surface area contributed by atoms with Gasteiger partial charge >= 0.3 is 6.18 Å².